The van der Waals surface area contributed by atoms with Crippen molar-refractivity contribution >= 4 is 135 Å². The lowest BCUT2D eigenvalue weighted by molar-refractivity contribution is -0.143. The Morgan fingerprint density at radius 3 is 1.86 bits per heavy atom. The van der Waals surface area contributed by atoms with Gasteiger partial charge in [-0.1, -0.05) is 64.1 Å². The minimum atomic E-state index is -2.06. The Kier molecular flexibility index (Phi) is 37.7. The topological polar surface area (TPSA) is 731 Å². The number of carboxylic acid groups (broad SMARTS) is 2. The molecule has 15 amide bonds. The van der Waals surface area contributed by atoms with Crippen molar-refractivity contribution in [2.24, 2.45) is 29.0 Å². The number of nitrogens with two attached hydrogens (primary N) is 3. The predicted octanol–water partition coefficient (Wildman–Crippen LogP) is -5.25. The van der Waals surface area contributed by atoms with Gasteiger partial charge in [-0.25, -0.2) is 4.79 Å². The number of carbonyl (C=O) groups excluding carboxylic acids is 16. The number of rotatable bonds is 42. The van der Waals surface area contributed by atoms with Crippen molar-refractivity contribution in [1.29, 1.82) is 5.41 Å². The molecule has 0 aromatic heterocycles. The number of benzene rings is 4. The molecule has 2 fully saturated rings. The van der Waals surface area contributed by atoms with Crippen LogP contribution in [-0.2, 0) is 108 Å². The summed E-state index contributed by atoms with van der Waals surface area (Å²) in [5.74, 6) is -21.5. The minimum Gasteiger partial charge on any atom is -0.508 e. The van der Waals surface area contributed by atoms with Crippen LogP contribution in [-0.4, -0.2) is 280 Å². The Bertz CT molecular complexity index is 4950. The number of likely N-dealkylation sites (tertiary alicyclic amines) is 1. The van der Waals surface area contributed by atoms with E-state index in [1.54, 1.807) is 88.4 Å². The van der Waals surface area contributed by atoms with Crippen molar-refractivity contribution in [3.8, 4) is 23.0 Å². The number of guanidine groups is 1. The van der Waals surface area contributed by atoms with E-state index >= 15 is 0 Å². The van der Waals surface area contributed by atoms with Crippen LogP contribution >= 0.6 is 12.2 Å². The second-order valence-electron chi connectivity index (χ2n) is 32.1. The van der Waals surface area contributed by atoms with Crippen LogP contribution < -0.4 is 102 Å². The average molecular weight is 1860 g/mol. The molecule has 2 saturated heterocycles. The molecule has 0 bridgehead atoms. The Balaban J connectivity index is 0.870. The number of hydrogen-bond donors (Lipinski definition) is 24. The smallest absolute Gasteiger partial charge is 0.340 e. The third-order valence-electron chi connectivity index (χ3n) is 21.4. The van der Waals surface area contributed by atoms with Gasteiger partial charge in [0.05, 0.1) is 44.8 Å². The molecule has 4 aromatic carbocycles. The SMILES string of the molecule is CC(C)[C@H](NC(=O)[C@H](CCCNC(=N)N)NC(=O)[C@H](CO)NC(=O)COCCOCCNC(=S)Nc1ccc2c(c1)C(=O)OC21c2ccc(O)cc2Oc2cc(O)ccc21)C(=O)N[C@H](C(=O)N1CCC[C@H]1C(=O)N[C@H]1CNC(=O)CC[C@H](C(=O)N[C@@H](CC(=O)O)C(=O)N[C@@H](C)C(=O)N[C@@H](CC(=O)O)C(N)=O)NC(=O)[C@H](Cc2ccccc2)NC(=O)[C@H](CCC(N)=O)NC1=O)C(C)C. The van der Waals surface area contributed by atoms with Gasteiger partial charge in [0.15, 0.2) is 16.7 Å². The highest BCUT2D eigenvalue weighted by atomic mass is 32.1. The van der Waals surface area contributed by atoms with Crippen LogP contribution in [0, 0.1) is 17.2 Å². The number of hydrogen-bond acceptors (Lipinski definition) is 27. The Labute approximate surface area is 760 Å². The lowest BCUT2D eigenvalue weighted by Crippen LogP contribution is -2.62. The molecule has 4 aliphatic heterocycles. The number of nitrogens with zero attached hydrogens (tertiary/aromatic N) is 1. The van der Waals surface area contributed by atoms with E-state index in [0.717, 1.165) is 11.8 Å². The monoisotopic (exact) mass is 1860 g/mol. The molecule has 48 heteroatoms. The highest BCUT2D eigenvalue weighted by Gasteiger charge is 2.54. The minimum absolute atomic E-state index is 0.0172. The molecular weight excluding hydrogens is 1750 g/mol. The van der Waals surface area contributed by atoms with E-state index in [0.29, 0.717) is 27.9 Å². The van der Waals surface area contributed by atoms with Crippen molar-refractivity contribution in [2.75, 3.05) is 64.5 Å². The largest absolute Gasteiger partial charge is 0.508 e. The number of primary amides is 2. The fraction of sp³-hybridized carbons (Fsp3) is 0.476. The van der Waals surface area contributed by atoms with Crippen molar-refractivity contribution in [2.45, 2.75) is 183 Å². The van der Waals surface area contributed by atoms with Gasteiger partial charge < -0.3 is 146 Å². The van der Waals surface area contributed by atoms with Gasteiger partial charge in [0, 0.05) is 80.0 Å². The van der Waals surface area contributed by atoms with Crippen LogP contribution in [0.3, 0.4) is 0 Å². The summed E-state index contributed by atoms with van der Waals surface area (Å²) in [6, 6.07) is 1.64. The predicted molar refractivity (Wildman–Crippen MR) is 466 cm³/mol. The fourth-order valence-electron chi connectivity index (χ4n) is 14.6. The first-order valence-corrected chi connectivity index (χ1v) is 42.6. The third kappa shape index (κ3) is 29.0. The summed E-state index contributed by atoms with van der Waals surface area (Å²) in [5.41, 5.74) is 17.2. The Morgan fingerprint density at radius 1 is 0.629 bits per heavy atom. The van der Waals surface area contributed by atoms with E-state index < -0.39 is 261 Å². The first-order chi connectivity index (χ1) is 62.6. The first kappa shape index (κ1) is 103. The number of amides is 15. The number of thiocarbonyl (C=S) groups is 1. The average Bonchev–Trinajstić information content (AvgIpc) is 1.52. The number of ether oxygens (including phenoxy) is 4. The standard InChI is InChI=1S/C84H110N20O27S/c1-40(2)67(102-73(119)51(13-9-25-89-82(87)88)95-77(123)58(38-105)94-64(110)39-129-30-29-128-28-26-90-83(132)93-44-15-18-48-47(32-44)81(127)131-84(48)49-19-16-45(106)33-60(49)130-61-34-46(107)17-20-50(61)84)79(125)103-68(41(3)4)80(126)104-27-10-14-59(104)78(124)101-57-37-91-63(109)24-22-53(72(118)100-56(36-66(113)114)74(120)92-42(5)70(116)98-54(69(86)115)35-65(111)112)96-75(121)55(31-43-11-7-6-8-12-43)99-71(117)52(97-76(57)122)21-23-62(85)108/h6-8,11-12,15-20,32-34,40-42,51-59,67-68,105-107H,9-10,13-14,21-31,35-39H2,1-5H3,(H2,85,108)(H2,86,115)(H,91,109)(H,92,120)(H,94,110)(H,95,123)(H,96,121)(H,97,122)(H,98,116)(H,99,117)(H,100,118)(H,101,124)(H,102,119)(H,103,125)(H,111,112)(H,113,114)(H4,87,88,89)(H2,90,93,132)/t42-,51-,52-,53+,54-,55-,56-,57-,58-,59-,67-,68-/m0/s1. The second-order valence-corrected chi connectivity index (χ2v) is 32.5. The van der Waals surface area contributed by atoms with Gasteiger partial charge in [-0.2, -0.15) is 0 Å². The number of aliphatic hydroxyl groups excluding tert-OH is 1. The van der Waals surface area contributed by atoms with Crippen molar-refractivity contribution in [3.05, 3.63) is 113 Å². The number of phenols is 2. The molecule has 1 spiro atoms. The van der Waals surface area contributed by atoms with Crippen LogP contribution in [0.5, 0.6) is 23.0 Å². The number of aliphatic carboxylic acids is 2. The number of carboxylic acids is 2. The van der Waals surface area contributed by atoms with E-state index in [9.17, 15) is 112 Å². The Morgan fingerprint density at radius 2 is 1.23 bits per heavy atom. The van der Waals surface area contributed by atoms with E-state index in [-0.39, 0.29) is 105 Å². The molecular formula is C84H110N20O27S. The molecule has 0 aliphatic carbocycles. The zero-order chi connectivity index (χ0) is 97.0. The lowest BCUT2D eigenvalue weighted by Gasteiger charge is -2.36. The van der Waals surface area contributed by atoms with Gasteiger partial charge in [-0.05, 0) is 111 Å². The van der Waals surface area contributed by atoms with Gasteiger partial charge in [0.1, 0.15) is 102 Å². The lowest BCUT2D eigenvalue weighted by atomic mass is 9.77. The molecule has 4 heterocycles. The van der Waals surface area contributed by atoms with Crippen LogP contribution in [0.1, 0.15) is 131 Å². The molecule has 0 unspecified atom stereocenters. The van der Waals surface area contributed by atoms with Crippen LogP contribution in [0.4, 0.5) is 5.69 Å². The van der Waals surface area contributed by atoms with Gasteiger partial charge in [-0.3, -0.25) is 86.9 Å². The summed E-state index contributed by atoms with van der Waals surface area (Å²) >= 11 is 5.49. The van der Waals surface area contributed by atoms with E-state index in [4.69, 9.17) is 53.8 Å². The van der Waals surface area contributed by atoms with Crippen molar-refractivity contribution < 1.29 is 131 Å². The summed E-state index contributed by atoms with van der Waals surface area (Å²) in [5, 5.41) is 95.2. The summed E-state index contributed by atoms with van der Waals surface area (Å²) < 4.78 is 23.2. The maximum atomic E-state index is 14.9. The van der Waals surface area contributed by atoms with Crippen LogP contribution in [0.2, 0.25) is 0 Å². The van der Waals surface area contributed by atoms with E-state index in [1.807, 2.05) is 5.32 Å². The van der Waals surface area contributed by atoms with Gasteiger partial charge in [0.25, 0.3) is 0 Å². The fourth-order valence-corrected chi connectivity index (χ4v) is 14.8. The number of anilines is 1. The normalized spacial score (nSPS) is 18.5. The molecule has 47 nitrogen and oxygen atoms in total. The summed E-state index contributed by atoms with van der Waals surface area (Å²) in [4.78, 5) is 247. The third-order valence-corrected chi connectivity index (χ3v) is 21.6. The van der Waals surface area contributed by atoms with E-state index in [2.05, 4.69) is 74.4 Å². The highest BCUT2D eigenvalue weighted by molar-refractivity contribution is 7.80. The van der Waals surface area contributed by atoms with Gasteiger partial charge in [-0.15, -0.1) is 0 Å². The Hall–Kier alpha value is -14.4. The maximum Gasteiger partial charge on any atom is 0.340 e. The number of nitrogens with one attached hydrogen (secondary N) is 16. The summed E-state index contributed by atoms with van der Waals surface area (Å²) in [6.07, 6.45) is -4.95. The van der Waals surface area contributed by atoms with Crippen LogP contribution in [0.25, 0.3) is 0 Å². The highest BCUT2D eigenvalue weighted by Crippen LogP contribution is 2.57. The maximum absolute atomic E-state index is 14.9. The summed E-state index contributed by atoms with van der Waals surface area (Å²) in [7, 11) is 0. The zero-order valence-corrected chi connectivity index (χ0v) is 73.4. The molecule has 132 heavy (non-hydrogen) atoms. The molecule has 8 rings (SSSR count). The van der Waals surface area contributed by atoms with Crippen molar-refractivity contribution in [1.82, 2.24) is 79.3 Å². The van der Waals surface area contributed by atoms with E-state index in [1.165, 1.54) is 24.3 Å². The van der Waals surface area contributed by atoms with Crippen LogP contribution in [0.15, 0.2) is 84.9 Å². The van der Waals surface area contributed by atoms with Crippen molar-refractivity contribution in [3.63, 3.8) is 0 Å². The second kappa shape index (κ2) is 48.3. The number of aliphatic hydroxyl groups is 1. The molecule has 4 aliphatic rings. The first-order valence-electron chi connectivity index (χ1n) is 42.1. The number of carbonyl (C=O) groups is 18. The molecule has 27 N–H and O–H groups in total. The molecule has 0 saturated carbocycles. The molecule has 714 valence electrons. The number of esters is 1. The summed E-state index contributed by atoms with van der Waals surface area (Å²) in [6.45, 7) is 5.00. The van der Waals surface area contributed by atoms with Gasteiger partial charge in [0.2, 0.25) is 88.6 Å². The molecule has 0 radical (unpaired) electrons. The molecule has 12 atom stereocenters. The van der Waals surface area contributed by atoms with Gasteiger partial charge >= 0.3 is 17.9 Å². The quantitative estimate of drug-likeness (QED) is 0.00648. The number of phenolic OH excluding ortho intramolecular Hbond substituents is 2. The number of aromatic hydroxyl groups is 2. The molecule has 4 aromatic rings. The zero-order valence-electron chi connectivity index (χ0n) is 72.6. The number of fused-ring (bicyclic) bond motifs is 6.